The molecule has 0 saturated heterocycles. The Morgan fingerprint density at radius 1 is 1.15 bits per heavy atom. The molecule has 0 aromatic heterocycles. The molecule has 0 aliphatic heterocycles. The van der Waals surface area contributed by atoms with Gasteiger partial charge in [0.2, 0.25) is 0 Å². The number of rotatable bonds is 9. The van der Waals surface area contributed by atoms with Crippen LogP contribution in [0.5, 0.6) is 5.75 Å². The van der Waals surface area contributed by atoms with E-state index in [4.69, 9.17) is 4.74 Å². The summed E-state index contributed by atoms with van der Waals surface area (Å²) in [6, 6.07) is 16.0. The maximum Gasteiger partial charge on any atom is 0.251 e. The summed E-state index contributed by atoms with van der Waals surface area (Å²) >= 11 is 0. The maximum atomic E-state index is 12.3. The van der Waals surface area contributed by atoms with E-state index in [2.05, 4.69) is 50.0 Å². The first-order valence-electron chi connectivity index (χ1n) is 9.20. The van der Waals surface area contributed by atoms with Crippen LogP contribution in [0, 0.1) is 0 Å². The molecule has 0 saturated carbocycles. The molecule has 1 N–H and O–H groups in total. The van der Waals surface area contributed by atoms with E-state index in [0.29, 0.717) is 30.4 Å². The standard InChI is InChI=1S/C23H29NO2/c1-17(2)16-26-22-9-5-8-21(15-22)23(25)24-14-6-7-19-10-12-20(13-11-19)18(3)4/h5,8-13,15,18H,1,6-7,14,16H2,2-4H3,(H,24,25). The van der Waals surface area contributed by atoms with Gasteiger partial charge in [0, 0.05) is 12.1 Å². The van der Waals surface area contributed by atoms with E-state index >= 15 is 0 Å². The van der Waals surface area contributed by atoms with Crippen molar-refractivity contribution in [2.24, 2.45) is 0 Å². The van der Waals surface area contributed by atoms with Crippen LogP contribution in [-0.2, 0) is 6.42 Å². The lowest BCUT2D eigenvalue weighted by molar-refractivity contribution is 0.0953. The monoisotopic (exact) mass is 351 g/mol. The molecule has 138 valence electrons. The van der Waals surface area contributed by atoms with Gasteiger partial charge in [0.25, 0.3) is 5.91 Å². The number of carbonyl (C=O) groups excluding carboxylic acids is 1. The van der Waals surface area contributed by atoms with Crippen molar-refractivity contribution in [3.8, 4) is 5.75 Å². The second-order valence-electron chi connectivity index (χ2n) is 7.03. The molecule has 0 spiro atoms. The van der Waals surface area contributed by atoms with Gasteiger partial charge in [-0.25, -0.2) is 0 Å². The largest absolute Gasteiger partial charge is 0.489 e. The van der Waals surface area contributed by atoms with E-state index in [1.165, 1.54) is 11.1 Å². The minimum Gasteiger partial charge on any atom is -0.489 e. The summed E-state index contributed by atoms with van der Waals surface area (Å²) in [6.07, 6.45) is 1.87. The topological polar surface area (TPSA) is 38.3 Å². The van der Waals surface area contributed by atoms with Crippen LogP contribution in [0.15, 0.2) is 60.7 Å². The third-order valence-electron chi connectivity index (χ3n) is 4.16. The fourth-order valence-electron chi connectivity index (χ4n) is 2.60. The molecule has 0 radical (unpaired) electrons. The minimum atomic E-state index is -0.0686. The molecular formula is C23H29NO2. The highest BCUT2D eigenvalue weighted by molar-refractivity contribution is 5.94. The fraction of sp³-hybridized carbons (Fsp3) is 0.348. The number of aryl methyl sites for hydroxylation is 1. The van der Waals surface area contributed by atoms with Gasteiger partial charge in [-0.3, -0.25) is 4.79 Å². The number of hydrogen-bond acceptors (Lipinski definition) is 2. The molecule has 0 fully saturated rings. The molecule has 3 nitrogen and oxygen atoms in total. The number of hydrogen-bond donors (Lipinski definition) is 1. The Bertz CT molecular complexity index is 732. The van der Waals surface area contributed by atoms with Gasteiger partial charge in [-0.05, 0) is 60.6 Å². The third kappa shape index (κ3) is 6.40. The summed E-state index contributed by atoms with van der Waals surface area (Å²) < 4.78 is 5.59. The van der Waals surface area contributed by atoms with E-state index in [0.717, 1.165) is 18.4 Å². The van der Waals surface area contributed by atoms with Crippen LogP contribution in [0.2, 0.25) is 0 Å². The van der Waals surface area contributed by atoms with Gasteiger partial charge in [0.15, 0.2) is 0 Å². The molecule has 0 heterocycles. The van der Waals surface area contributed by atoms with Crippen molar-refractivity contribution in [2.75, 3.05) is 13.2 Å². The first kappa shape index (κ1) is 19.8. The highest BCUT2D eigenvalue weighted by Gasteiger charge is 2.06. The first-order valence-corrected chi connectivity index (χ1v) is 9.20. The Balaban J connectivity index is 1.78. The molecule has 0 bridgehead atoms. The van der Waals surface area contributed by atoms with Gasteiger partial charge in [-0.2, -0.15) is 0 Å². The van der Waals surface area contributed by atoms with Gasteiger partial charge in [-0.1, -0.05) is 50.8 Å². The van der Waals surface area contributed by atoms with Crippen LogP contribution in [0.25, 0.3) is 0 Å². The lowest BCUT2D eigenvalue weighted by atomic mass is 10.0. The molecular weight excluding hydrogens is 322 g/mol. The van der Waals surface area contributed by atoms with Crippen molar-refractivity contribution < 1.29 is 9.53 Å². The van der Waals surface area contributed by atoms with Crippen molar-refractivity contribution in [1.82, 2.24) is 5.32 Å². The van der Waals surface area contributed by atoms with Gasteiger partial charge < -0.3 is 10.1 Å². The summed E-state index contributed by atoms with van der Waals surface area (Å²) in [5.74, 6) is 1.17. The highest BCUT2D eigenvalue weighted by atomic mass is 16.5. The number of amides is 1. The summed E-state index contributed by atoms with van der Waals surface area (Å²) in [6.45, 7) is 11.2. The molecule has 0 atom stereocenters. The van der Waals surface area contributed by atoms with E-state index in [9.17, 15) is 4.79 Å². The average molecular weight is 351 g/mol. The zero-order valence-electron chi connectivity index (χ0n) is 16.0. The average Bonchev–Trinajstić information content (AvgIpc) is 2.64. The predicted octanol–water partition coefficient (Wildman–Crippen LogP) is 5.13. The van der Waals surface area contributed by atoms with Gasteiger partial charge in [0.1, 0.15) is 12.4 Å². The summed E-state index contributed by atoms with van der Waals surface area (Å²) in [7, 11) is 0. The highest BCUT2D eigenvalue weighted by Crippen LogP contribution is 2.16. The van der Waals surface area contributed by atoms with E-state index < -0.39 is 0 Å². The van der Waals surface area contributed by atoms with E-state index in [1.54, 1.807) is 12.1 Å². The fourth-order valence-corrected chi connectivity index (χ4v) is 2.60. The lowest BCUT2D eigenvalue weighted by Crippen LogP contribution is -2.24. The summed E-state index contributed by atoms with van der Waals surface area (Å²) in [5, 5.41) is 2.98. The van der Waals surface area contributed by atoms with Crippen LogP contribution < -0.4 is 10.1 Å². The normalized spacial score (nSPS) is 10.6. The second-order valence-corrected chi connectivity index (χ2v) is 7.03. The smallest absolute Gasteiger partial charge is 0.251 e. The molecule has 1 amide bonds. The van der Waals surface area contributed by atoms with E-state index in [1.807, 2.05) is 19.1 Å². The second kappa shape index (κ2) is 9.81. The van der Waals surface area contributed by atoms with Crippen LogP contribution in [0.4, 0.5) is 0 Å². The molecule has 2 rings (SSSR count). The minimum absolute atomic E-state index is 0.0686. The van der Waals surface area contributed by atoms with Gasteiger partial charge in [-0.15, -0.1) is 0 Å². The Morgan fingerprint density at radius 2 is 1.88 bits per heavy atom. The molecule has 0 aliphatic rings. The summed E-state index contributed by atoms with van der Waals surface area (Å²) in [4.78, 5) is 12.3. The number of benzene rings is 2. The Kier molecular flexibility index (Phi) is 7.46. The van der Waals surface area contributed by atoms with Crippen LogP contribution in [0.1, 0.15) is 54.6 Å². The van der Waals surface area contributed by atoms with Crippen LogP contribution >= 0.6 is 0 Å². The van der Waals surface area contributed by atoms with Crippen molar-refractivity contribution in [1.29, 1.82) is 0 Å². The van der Waals surface area contributed by atoms with Crippen molar-refractivity contribution >= 4 is 5.91 Å². The molecule has 3 heteroatoms. The van der Waals surface area contributed by atoms with Gasteiger partial charge >= 0.3 is 0 Å². The third-order valence-corrected chi connectivity index (χ3v) is 4.16. The maximum absolute atomic E-state index is 12.3. The zero-order chi connectivity index (χ0) is 18.9. The Hall–Kier alpha value is -2.55. The predicted molar refractivity (Wildman–Crippen MR) is 108 cm³/mol. The molecule has 0 unspecified atom stereocenters. The van der Waals surface area contributed by atoms with Crippen LogP contribution in [0.3, 0.4) is 0 Å². The molecule has 26 heavy (non-hydrogen) atoms. The Morgan fingerprint density at radius 3 is 2.54 bits per heavy atom. The van der Waals surface area contributed by atoms with Gasteiger partial charge in [0.05, 0.1) is 0 Å². The van der Waals surface area contributed by atoms with Crippen molar-refractivity contribution in [3.05, 3.63) is 77.4 Å². The Labute approximate surface area is 157 Å². The zero-order valence-corrected chi connectivity index (χ0v) is 16.0. The van der Waals surface area contributed by atoms with Crippen molar-refractivity contribution in [2.45, 2.75) is 39.5 Å². The number of carbonyl (C=O) groups is 1. The van der Waals surface area contributed by atoms with E-state index in [-0.39, 0.29) is 5.91 Å². The molecule has 2 aromatic carbocycles. The SMILES string of the molecule is C=C(C)COc1cccc(C(=O)NCCCc2ccc(C(C)C)cc2)c1. The quantitative estimate of drug-likeness (QED) is 0.502. The van der Waals surface area contributed by atoms with Crippen molar-refractivity contribution in [3.63, 3.8) is 0 Å². The molecule has 0 aliphatic carbocycles. The summed E-state index contributed by atoms with van der Waals surface area (Å²) in [5.41, 5.74) is 4.22. The number of ether oxygens (including phenoxy) is 1. The lowest BCUT2D eigenvalue weighted by Gasteiger charge is -2.09. The number of nitrogens with one attached hydrogen (secondary N) is 1. The molecule has 2 aromatic rings. The van der Waals surface area contributed by atoms with Crippen LogP contribution in [-0.4, -0.2) is 19.1 Å². The first-order chi connectivity index (χ1) is 12.5.